The Morgan fingerprint density at radius 2 is 2.07 bits per heavy atom. The van der Waals surface area contributed by atoms with E-state index in [1.54, 1.807) is 4.90 Å². The Labute approximate surface area is 161 Å². The molecule has 0 spiro atoms. The first-order chi connectivity index (χ1) is 13.2. The van der Waals surface area contributed by atoms with Crippen molar-refractivity contribution < 1.29 is 9.53 Å². The van der Waals surface area contributed by atoms with E-state index >= 15 is 0 Å². The van der Waals surface area contributed by atoms with E-state index in [9.17, 15) is 4.79 Å². The van der Waals surface area contributed by atoms with Crippen molar-refractivity contribution in [2.75, 3.05) is 25.5 Å². The maximum Gasteiger partial charge on any atom is 0.321 e. The molecule has 3 rings (SSSR count). The Morgan fingerprint density at radius 3 is 2.78 bits per heavy atom. The highest BCUT2D eigenvalue weighted by molar-refractivity contribution is 5.89. The standard InChI is InChI=1S/C22H29N3O2/c1-25(16-4-7-21-8-5-17-27-21)22(26)24-20-13-10-18(11-14-20)9-12-19-6-2-3-15-23-19/h2-3,6,10-11,13-15,21H,4-5,7-9,12,16-17H2,1H3,(H,24,26). The number of pyridine rings is 1. The van der Waals surface area contributed by atoms with Crippen molar-refractivity contribution >= 4 is 11.7 Å². The van der Waals surface area contributed by atoms with Gasteiger partial charge in [-0.15, -0.1) is 0 Å². The molecule has 0 radical (unpaired) electrons. The largest absolute Gasteiger partial charge is 0.378 e. The van der Waals surface area contributed by atoms with Crippen LogP contribution in [0.3, 0.4) is 0 Å². The summed E-state index contributed by atoms with van der Waals surface area (Å²) < 4.78 is 5.63. The number of aryl methyl sites for hydroxylation is 2. The number of nitrogens with zero attached hydrogens (tertiary/aromatic N) is 2. The van der Waals surface area contributed by atoms with Crippen LogP contribution in [0.4, 0.5) is 10.5 Å². The third-order valence-electron chi connectivity index (χ3n) is 4.99. The summed E-state index contributed by atoms with van der Waals surface area (Å²) >= 11 is 0. The van der Waals surface area contributed by atoms with Gasteiger partial charge in [0.2, 0.25) is 0 Å². The van der Waals surface area contributed by atoms with Gasteiger partial charge in [-0.1, -0.05) is 18.2 Å². The minimum atomic E-state index is -0.0661. The fraction of sp³-hybridized carbons (Fsp3) is 0.455. The minimum Gasteiger partial charge on any atom is -0.378 e. The molecule has 1 aromatic carbocycles. The number of hydrogen-bond acceptors (Lipinski definition) is 3. The second-order valence-electron chi connectivity index (χ2n) is 7.15. The van der Waals surface area contributed by atoms with Gasteiger partial charge in [0.05, 0.1) is 6.10 Å². The van der Waals surface area contributed by atoms with Crippen LogP contribution in [-0.2, 0) is 17.6 Å². The van der Waals surface area contributed by atoms with Crippen molar-refractivity contribution in [3.63, 3.8) is 0 Å². The van der Waals surface area contributed by atoms with Gasteiger partial charge in [0.1, 0.15) is 0 Å². The normalized spacial score (nSPS) is 16.3. The Balaban J connectivity index is 1.39. The van der Waals surface area contributed by atoms with Crippen LogP contribution in [0.5, 0.6) is 0 Å². The molecule has 2 amide bonds. The highest BCUT2D eigenvalue weighted by Gasteiger charge is 2.16. The summed E-state index contributed by atoms with van der Waals surface area (Å²) in [6.45, 7) is 1.63. The maximum atomic E-state index is 12.3. The number of hydrogen-bond donors (Lipinski definition) is 1. The highest BCUT2D eigenvalue weighted by atomic mass is 16.5. The van der Waals surface area contributed by atoms with Gasteiger partial charge in [0.15, 0.2) is 0 Å². The lowest BCUT2D eigenvalue weighted by molar-refractivity contribution is 0.101. The van der Waals surface area contributed by atoms with Gasteiger partial charge in [-0.2, -0.15) is 0 Å². The highest BCUT2D eigenvalue weighted by Crippen LogP contribution is 2.17. The van der Waals surface area contributed by atoms with Crippen molar-refractivity contribution in [3.05, 3.63) is 59.9 Å². The first kappa shape index (κ1) is 19.4. The van der Waals surface area contributed by atoms with E-state index in [0.717, 1.165) is 56.6 Å². The van der Waals surface area contributed by atoms with Gasteiger partial charge >= 0.3 is 6.03 Å². The number of carbonyl (C=O) groups is 1. The zero-order valence-electron chi connectivity index (χ0n) is 16.1. The third-order valence-corrected chi connectivity index (χ3v) is 4.99. The molecular formula is C22H29N3O2. The molecule has 1 saturated heterocycles. The van der Waals surface area contributed by atoms with E-state index in [-0.39, 0.29) is 6.03 Å². The molecule has 1 unspecified atom stereocenters. The zero-order valence-corrected chi connectivity index (χ0v) is 16.1. The smallest absolute Gasteiger partial charge is 0.321 e. The fourth-order valence-corrected chi connectivity index (χ4v) is 3.32. The number of rotatable bonds is 8. The maximum absolute atomic E-state index is 12.3. The van der Waals surface area contributed by atoms with Crippen LogP contribution in [0.1, 0.15) is 36.9 Å². The summed E-state index contributed by atoms with van der Waals surface area (Å²) in [6, 6.07) is 14.0. The average Bonchev–Trinajstić information content (AvgIpc) is 3.21. The molecule has 5 heteroatoms. The number of benzene rings is 1. The number of anilines is 1. The molecule has 1 N–H and O–H groups in total. The van der Waals surface area contributed by atoms with E-state index < -0.39 is 0 Å². The van der Waals surface area contributed by atoms with Crippen molar-refractivity contribution in [3.8, 4) is 0 Å². The van der Waals surface area contributed by atoms with Gasteiger partial charge in [0.25, 0.3) is 0 Å². The summed E-state index contributed by atoms with van der Waals surface area (Å²) in [5, 5.41) is 2.96. The molecule has 1 aliphatic rings. The van der Waals surface area contributed by atoms with Crippen molar-refractivity contribution in [2.45, 2.75) is 44.6 Å². The SMILES string of the molecule is CN(CCCC1CCCO1)C(=O)Nc1ccc(CCc2ccccn2)cc1. The summed E-state index contributed by atoms with van der Waals surface area (Å²) in [7, 11) is 1.84. The van der Waals surface area contributed by atoms with Gasteiger partial charge in [0, 0.05) is 37.8 Å². The first-order valence-corrected chi connectivity index (χ1v) is 9.83. The molecule has 0 aliphatic carbocycles. The van der Waals surface area contributed by atoms with Crippen molar-refractivity contribution in [2.24, 2.45) is 0 Å². The molecule has 1 aromatic heterocycles. The van der Waals surface area contributed by atoms with Crippen LogP contribution < -0.4 is 5.32 Å². The number of amides is 2. The quantitative estimate of drug-likeness (QED) is 0.757. The number of urea groups is 1. The summed E-state index contributed by atoms with van der Waals surface area (Å²) in [5.74, 6) is 0. The Morgan fingerprint density at radius 1 is 1.22 bits per heavy atom. The van der Waals surface area contributed by atoms with Gasteiger partial charge in [-0.05, 0) is 68.4 Å². The molecule has 0 saturated carbocycles. The van der Waals surface area contributed by atoms with E-state index in [4.69, 9.17) is 4.74 Å². The summed E-state index contributed by atoms with van der Waals surface area (Å²) in [5.41, 5.74) is 3.16. The monoisotopic (exact) mass is 367 g/mol. The molecule has 27 heavy (non-hydrogen) atoms. The number of ether oxygens (including phenoxy) is 1. The van der Waals surface area contributed by atoms with Gasteiger partial charge in [-0.25, -0.2) is 4.79 Å². The topological polar surface area (TPSA) is 54.5 Å². The molecule has 1 fully saturated rings. The van der Waals surface area contributed by atoms with Crippen LogP contribution >= 0.6 is 0 Å². The number of carbonyl (C=O) groups excluding carboxylic acids is 1. The van der Waals surface area contributed by atoms with Crippen molar-refractivity contribution in [1.82, 2.24) is 9.88 Å². The molecule has 144 valence electrons. The van der Waals surface area contributed by atoms with Crippen LogP contribution in [-0.4, -0.2) is 42.2 Å². The lowest BCUT2D eigenvalue weighted by Crippen LogP contribution is -2.32. The number of aromatic nitrogens is 1. The van der Waals surface area contributed by atoms with Crippen molar-refractivity contribution in [1.29, 1.82) is 0 Å². The van der Waals surface area contributed by atoms with E-state index in [0.29, 0.717) is 6.10 Å². The predicted molar refractivity (Wildman–Crippen MR) is 108 cm³/mol. The second kappa shape index (κ2) is 10.1. The Hall–Kier alpha value is -2.40. The summed E-state index contributed by atoms with van der Waals surface area (Å²) in [6.07, 6.45) is 8.39. The molecule has 1 aliphatic heterocycles. The van der Waals surface area contributed by atoms with E-state index in [1.807, 2.05) is 43.6 Å². The lowest BCUT2D eigenvalue weighted by Gasteiger charge is -2.19. The van der Waals surface area contributed by atoms with Crippen LogP contribution in [0, 0.1) is 0 Å². The summed E-state index contributed by atoms with van der Waals surface area (Å²) in [4.78, 5) is 18.4. The number of nitrogens with one attached hydrogen (secondary N) is 1. The van der Waals surface area contributed by atoms with E-state index in [1.165, 1.54) is 12.0 Å². The van der Waals surface area contributed by atoms with E-state index in [2.05, 4.69) is 22.4 Å². The van der Waals surface area contributed by atoms with Gasteiger partial charge in [-0.3, -0.25) is 4.98 Å². The third kappa shape index (κ3) is 6.36. The molecule has 2 aromatic rings. The zero-order chi connectivity index (χ0) is 18.9. The molecule has 0 bridgehead atoms. The molecule has 2 heterocycles. The van der Waals surface area contributed by atoms with Gasteiger partial charge < -0.3 is 15.0 Å². The first-order valence-electron chi connectivity index (χ1n) is 9.83. The Bertz CT molecular complexity index is 697. The predicted octanol–water partition coefficient (Wildman–Crippen LogP) is 4.29. The minimum absolute atomic E-state index is 0.0661. The molecular weight excluding hydrogens is 338 g/mol. The molecule has 1 atom stereocenters. The van der Waals surface area contributed by atoms with Crippen LogP contribution in [0.15, 0.2) is 48.7 Å². The van der Waals surface area contributed by atoms with Crippen LogP contribution in [0.2, 0.25) is 0 Å². The Kier molecular flexibility index (Phi) is 7.22. The second-order valence-corrected chi connectivity index (χ2v) is 7.15. The average molecular weight is 367 g/mol. The fourth-order valence-electron chi connectivity index (χ4n) is 3.32. The van der Waals surface area contributed by atoms with Crippen LogP contribution in [0.25, 0.3) is 0 Å². The lowest BCUT2D eigenvalue weighted by atomic mass is 10.1. The molecule has 5 nitrogen and oxygen atoms in total.